The highest BCUT2D eigenvalue weighted by Crippen LogP contribution is 2.19. The number of ether oxygens (including phenoxy) is 1. The van der Waals surface area contributed by atoms with Gasteiger partial charge in [-0.1, -0.05) is 6.92 Å². The predicted octanol–water partition coefficient (Wildman–Crippen LogP) is 1.84. The maximum atomic E-state index is 5.87. The number of hydrogen-bond donors (Lipinski definition) is 1. The Morgan fingerprint density at radius 1 is 1.25 bits per heavy atom. The number of nitrogen functional groups attached to an aromatic ring is 1. The molecule has 1 saturated heterocycles. The van der Waals surface area contributed by atoms with E-state index in [1.54, 1.807) is 0 Å². The summed E-state index contributed by atoms with van der Waals surface area (Å²) in [7, 11) is 2.19. The van der Waals surface area contributed by atoms with Crippen LogP contribution in [0.15, 0.2) is 18.2 Å². The van der Waals surface area contributed by atoms with Gasteiger partial charge in [-0.05, 0) is 37.7 Å². The molecule has 1 aliphatic rings. The molecule has 1 aromatic carbocycles. The van der Waals surface area contributed by atoms with E-state index in [4.69, 9.17) is 10.5 Å². The lowest BCUT2D eigenvalue weighted by atomic mass is 10.1. The number of hydrogen-bond acceptors (Lipinski definition) is 4. The van der Waals surface area contributed by atoms with Crippen molar-refractivity contribution in [1.82, 2.24) is 9.80 Å². The molecule has 2 N–H and O–H groups in total. The molecule has 1 atom stereocenters. The van der Waals surface area contributed by atoms with Crippen molar-refractivity contribution in [3.8, 4) is 5.75 Å². The van der Waals surface area contributed by atoms with Gasteiger partial charge >= 0.3 is 0 Å². The Labute approximate surface area is 122 Å². The van der Waals surface area contributed by atoms with Crippen molar-refractivity contribution in [3.05, 3.63) is 23.8 Å². The molecule has 0 radical (unpaired) electrons. The number of benzene rings is 1. The van der Waals surface area contributed by atoms with E-state index < -0.39 is 0 Å². The Hall–Kier alpha value is -1.26. The minimum Gasteiger partial charge on any atom is -0.493 e. The van der Waals surface area contributed by atoms with Gasteiger partial charge in [0.2, 0.25) is 0 Å². The molecule has 4 nitrogen and oxygen atoms in total. The van der Waals surface area contributed by atoms with Gasteiger partial charge in [-0.25, -0.2) is 0 Å². The molecule has 0 saturated carbocycles. The Morgan fingerprint density at radius 3 is 2.60 bits per heavy atom. The van der Waals surface area contributed by atoms with Crippen molar-refractivity contribution < 1.29 is 4.74 Å². The van der Waals surface area contributed by atoms with Gasteiger partial charge in [-0.2, -0.15) is 0 Å². The number of nitrogens with two attached hydrogens (primary N) is 1. The summed E-state index contributed by atoms with van der Waals surface area (Å²) in [6.45, 7) is 10.8. The lowest BCUT2D eigenvalue weighted by Crippen LogP contribution is -2.46. The van der Waals surface area contributed by atoms with Crippen molar-refractivity contribution in [2.75, 3.05) is 52.1 Å². The van der Waals surface area contributed by atoms with Gasteiger partial charge in [-0.3, -0.25) is 0 Å². The van der Waals surface area contributed by atoms with Gasteiger partial charge in [0.1, 0.15) is 5.75 Å². The van der Waals surface area contributed by atoms with E-state index in [9.17, 15) is 0 Å². The van der Waals surface area contributed by atoms with E-state index in [1.165, 1.54) is 26.2 Å². The van der Waals surface area contributed by atoms with E-state index >= 15 is 0 Å². The van der Waals surface area contributed by atoms with Gasteiger partial charge in [-0.15, -0.1) is 0 Å². The van der Waals surface area contributed by atoms with Crippen LogP contribution in [0, 0.1) is 12.8 Å². The van der Waals surface area contributed by atoms with Crippen LogP contribution in [0.25, 0.3) is 0 Å². The van der Waals surface area contributed by atoms with Crippen molar-refractivity contribution in [1.29, 1.82) is 0 Å². The van der Waals surface area contributed by atoms with Crippen LogP contribution < -0.4 is 10.5 Å². The minimum absolute atomic E-state index is 0.538. The van der Waals surface area contributed by atoms with E-state index in [0.717, 1.165) is 30.2 Å². The van der Waals surface area contributed by atoms with E-state index in [1.807, 2.05) is 25.1 Å². The first-order valence-electron chi connectivity index (χ1n) is 7.44. The number of rotatable bonds is 5. The quantitative estimate of drug-likeness (QED) is 0.834. The number of likely N-dealkylation sites (N-methyl/N-ethyl adjacent to an activating group) is 1. The zero-order valence-corrected chi connectivity index (χ0v) is 12.9. The molecule has 0 bridgehead atoms. The largest absolute Gasteiger partial charge is 0.493 e. The first-order chi connectivity index (χ1) is 9.54. The third kappa shape index (κ3) is 4.39. The van der Waals surface area contributed by atoms with Crippen molar-refractivity contribution in [2.24, 2.45) is 5.92 Å². The van der Waals surface area contributed by atoms with Crippen LogP contribution in [0.4, 0.5) is 5.69 Å². The monoisotopic (exact) mass is 277 g/mol. The van der Waals surface area contributed by atoms with Crippen LogP contribution in [0.5, 0.6) is 5.75 Å². The predicted molar refractivity (Wildman–Crippen MR) is 84.2 cm³/mol. The molecular formula is C16H27N3O. The highest BCUT2D eigenvalue weighted by molar-refractivity contribution is 5.49. The Bertz CT molecular complexity index is 428. The van der Waals surface area contributed by atoms with E-state index in [-0.39, 0.29) is 0 Å². The smallest absolute Gasteiger partial charge is 0.119 e. The summed E-state index contributed by atoms with van der Waals surface area (Å²) in [6, 6.07) is 5.87. The summed E-state index contributed by atoms with van der Waals surface area (Å²) >= 11 is 0. The Kier molecular flexibility index (Phi) is 5.26. The third-order valence-corrected chi connectivity index (χ3v) is 3.94. The zero-order chi connectivity index (χ0) is 14.5. The van der Waals surface area contributed by atoms with Gasteiger partial charge < -0.3 is 20.3 Å². The molecule has 0 aromatic heterocycles. The molecule has 0 aliphatic carbocycles. The van der Waals surface area contributed by atoms with Crippen molar-refractivity contribution in [2.45, 2.75) is 13.8 Å². The van der Waals surface area contributed by atoms with Crippen LogP contribution in [0.3, 0.4) is 0 Å². The first-order valence-corrected chi connectivity index (χ1v) is 7.44. The number of piperazine rings is 1. The Morgan fingerprint density at radius 2 is 1.95 bits per heavy atom. The van der Waals surface area contributed by atoms with Crippen molar-refractivity contribution >= 4 is 5.69 Å². The lowest BCUT2D eigenvalue weighted by molar-refractivity contribution is 0.123. The van der Waals surface area contributed by atoms with Crippen LogP contribution >= 0.6 is 0 Å². The number of aryl methyl sites for hydroxylation is 1. The summed E-state index contributed by atoms with van der Waals surface area (Å²) in [6.07, 6.45) is 0. The molecule has 1 heterocycles. The first kappa shape index (κ1) is 15.1. The molecule has 20 heavy (non-hydrogen) atoms. The normalized spacial score (nSPS) is 18.9. The second-order valence-corrected chi connectivity index (χ2v) is 6.04. The summed E-state index contributed by atoms with van der Waals surface area (Å²) < 4.78 is 5.87. The summed E-state index contributed by atoms with van der Waals surface area (Å²) in [5.41, 5.74) is 7.71. The second kappa shape index (κ2) is 6.95. The maximum absolute atomic E-state index is 5.87. The van der Waals surface area contributed by atoms with Crippen LogP contribution in [-0.4, -0.2) is 56.2 Å². The lowest BCUT2D eigenvalue weighted by Gasteiger charge is -2.33. The summed E-state index contributed by atoms with van der Waals surface area (Å²) in [4.78, 5) is 4.91. The molecule has 112 valence electrons. The molecule has 1 fully saturated rings. The third-order valence-electron chi connectivity index (χ3n) is 3.94. The highest BCUT2D eigenvalue weighted by Gasteiger charge is 2.16. The van der Waals surface area contributed by atoms with Crippen LogP contribution in [0.2, 0.25) is 0 Å². The minimum atomic E-state index is 0.538. The van der Waals surface area contributed by atoms with Crippen LogP contribution in [-0.2, 0) is 0 Å². The van der Waals surface area contributed by atoms with Crippen molar-refractivity contribution in [3.63, 3.8) is 0 Å². The summed E-state index contributed by atoms with van der Waals surface area (Å²) in [5, 5.41) is 0. The van der Waals surface area contributed by atoms with E-state index in [2.05, 4.69) is 23.8 Å². The average molecular weight is 277 g/mol. The van der Waals surface area contributed by atoms with E-state index in [0.29, 0.717) is 5.92 Å². The molecule has 1 unspecified atom stereocenters. The molecule has 1 aromatic rings. The SMILES string of the molecule is Cc1cc(OCC(C)CN2CCN(C)CC2)ccc1N. The number of nitrogens with zero attached hydrogens (tertiary/aromatic N) is 2. The summed E-state index contributed by atoms with van der Waals surface area (Å²) in [5.74, 6) is 1.46. The number of anilines is 1. The average Bonchev–Trinajstić information content (AvgIpc) is 2.43. The van der Waals surface area contributed by atoms with Gasteiger partial charge in [0.05, 0.1) is 6.61 Å². The topological polar surface area (TPSA) is 41.7 Å². The second-order valence-electron chi connectivity index (χ2n) is 6.04. The Balaban J connectivity index is 1.74. The molecule has 1 aliphatic heterocycles. The van der Waals surface area contributed by atoms with Gasteiger partial charge in [0.15, 0.2) is 0 Å². The molecule has 0 amide bonds. The molecule has 4 heteroatoms. The standard InChI is InChI=1S/C16H27N3O/c1-13(11-19-8-6-18(3)7-9-19)12-20-15-4-5-16(17)14(2)10-15/h4-5,10,13H,6-9,11-12,17H2,1-3H3. The molecular weight excluding hydrogens is 250 g/mol. The van der Waals surface area contributed by atoms with Gasteiger partial charge in [0, 0.05) is 44.3 Å². The fraction of sp³-hybridized carbons (Fsp3) is 0.625. The highest BCUT2D eigenvalue weighted by atomic mass is 16.5. The van der Waals surface area contributed by atoms with Crippen LogP contribution in [0.1, 0.15) is 12.5 Å². The van der Waals surface area contributed by atoms with Gasteiger partial charge in [0.25, 0.3) is 0 Å². The fourth-order valence-corrected chi connectivity index (χ4v) is 2.50. The molecule has 2 rings (SSSR count). The molecule has 0 spiro atoms. The zero-order valence-electron chi connectivity index (χ0n) is 12.9. The maximum Gasteiger partial charge on any atom is 0.119 e. The fourth-order valence-electron chi connectivity index (χ4n) is 2.50.